The average Bonchev–Trinajstić information content (AvgIpc) is 2.77. The van der Waals surface area contributed by atoms with Crippen molar-refractivity contribution in [2.45, 2.75) is 78.7 Å². The minimum Gasteiger partial charge on any atom is -0.461 e. The van der Waals surface area contributed by atoms with Gasteiger partial charge in [0.25, 0.3) is 0 Å². The van der Waals surface area contributed by atoms with E-state index in [1.807, 2.05) is 0 Å². The lowest BCUT2D eigenvalue weighted by Gasteiger charge is -2.27. The van der Waals surface area contributed by atoms with E-state index in [-0.39, 0.29) is 25.5 Å². The summed E-state index contributed by atoms with van der Waals surface area (Å²) in [4.78, 5) is 60.3. The molecule has 1 aromatic carbocycles. The van der Waals surface area contributed by atoms with Crippen molar-refractivity contribution < 1.29 is 33.4 Å². The number of hydrogen-bond donors (Lipinski definition) is 5. The number of carbonyl (C=O) groups is 5. The van der Waals surface area contributed by atoms with Crippen LogP contribution in [0.15, 0.2) is 24.3 Å². The van der Waals surface area contributed by atoms with Gasteiger partial charge in [0.05, 0.1) is 0 Å². The third-order valence-corrected chi connectivity index (χ3v) is 4.89. The normalized spacial score (nSPS) is 12.6. The maximum absolute atomic E-state index is 13.1. The lowest BCUT2D eigenvalue weighted by Crippen LogP contribution is -2.55. The first kappa shape index (κ1) is 31.2. The Morgan fingerprint density at radius 3 is 2.11 bits per heavy atom. The molecule has 0 spiro atoms. The van der Waals surface area contributed by atoms with Gasteiger partial charge in [0.2, 0.25) is 11.8 Å². The maximum Gasteiger partial charge on any atom is 0.408 e. The summed E-state index contributed by atoms with van der Waals surface area (Å²) in [5.41, 5.74) is 5.55. The minimum absolute atomic E-state index is 0.107. The standard InChI is InChI=1S/C25H39N5O7/c1-15(2)20(30-24(35)37-25(4,5)6)22(33)29-19(8-7-13-27-23(26)34)21(32)28-18-11-9-17(10-12-18)14-36-16(3)31/h9-12,15,19-20H,7-8,13-14H2,1-6H3,(H,28,32)(H,29,33)(H,30,35)(H3,26,27,34)/t19-,20-/m0/s1. The second-order valence-electron chi connectivity index (χ2n) is 9.83. The van der Waals surface area contributed by atoms with Gasteiger partial charge >= 0.3 is 18.1 Å². The molecule has 0 radical (unpaired) electrons. The SMILES string of the molecule is CC(=O)OCc1ccc(NC(=O)[C@H](CCCNC(N)=O)NC(=O)[C@@H](NC(=O)OC(C)(C)C)C(C)C)cc1. The molecule has 6 N–H and O–H groups in total. The number of primary amides is 1. The molecule has 0 fully saturated rings. The van der Waals surface area contributed by atoms with Gasteiger partial charge in [0.1, 0.15) is 24.3 Å². The first-order valence-corrected chi connectivity index (χ1v) is 12.0. The van der Waals surface area contributed by atoms with Crippen molar-refractivity contribution in [2.24, 2.45) is 11.7 Å². The Balaban J connectivity index is 2.93. The largest absolute Gasteiger partial charge is 0.461 e. The fourth-order valence-electron chi connectivity index (χ4n) is 3.12. The minimum atomic E-state index is -0.968. The Kier molecular flexibility index (Phi) is 12.4. The highest BCUT2D eigenvalue weighted by atomic mass is 16.6. The number of nitrogens with two attached hydrogens (primary N) is 1. The number of rotatable bonds is 12. The van der Waals surface area contributed by atoms with Crippen LogP contribution < -0.4 is 27.0 Å². The van der Waals surface area contributed by atoms with Crippen molar-refractivity contribution in [3.63, 3.8) is 0 Å². The van der Waals surface area contributed by atoms with Crippen molar-refractivity contribution in [2.75, 3.05) is 11.9 Å². The van der Waals surface area contributed by atoms with E-state index >= 15 is 0 Å². The molecular formula is C25H39N5O7. The molecule has 0 heterocycles. The van der Waals surface area contributed by atoms with Crippen LogP contribution in [0.3, 0.4) is 0 Å². The fourth-order valence-corrected chi connectivity index (χ4v) is 3.12. The summed E-state index contributed by atoms with van der Waals surface area (Å²) in [6, 6.07) is 4.07. The first-order valence-electron chi connectivity index (χ1n) is 12.0. The van der Waals surface area contributed by atoms with Crippen molar-refractivity contribution in [1.29, 1.82) is 0 Å². The number of nitrogens with one attached hydrogen (secondary N) is 4. The zero-order valence-electron chi connectivity index (χ0n) is 22.3. The number of carbonyl (C=O) groups excluding carboxylic acids is 5. The van der Waals surface area contributed by atoms with E-state index in [0.29, 0.717) is 12.1 Å². The molecule has 0 unspecified atom stereocenters. The van der Waals surface area contributed by atoms with Crippen LogP contribution in [0.5, 0.6) is 0 Å². The third kappa shape index (κ3) is 13.2. The second-order valence-corrected chi connectivity index (χ2v) is 9.83. The molecule has 0 saturated heterocycles. The molecule has 0 saturated carbocycles. The Hall–Kier alpha value is -3.83. The predicted molar refractivity (Wildman–Crippen MR) is 137 cm³/mol. The maximum atomic E-state index is 13.1. The first-order chi connectivity index (χ1) is 17.2. The summed E-state index contributed by atoms with van der Waals surface area (Å²) in [5, 5.41) is 10.4. The van der Waals surface area contributed by atoms with Crippen LogP contribution in [0.25, 0.3) is 0 Å². The van der Waals surface area contributed by atoms with Crippen molar-refractivity contribution >= 4 is 35.6 Å². The Morgan fingerprint density at radius 2 is 1.59 bits per heavy atom. The van der Waals surface area contributed by atoms with Crippen LogP contribution in [0, 0.1) is 5.92 Å². The highest BCUT2D eigenvalue weighted by molar-refractivity contribution is 5.98. The zero-order chi connectivity index (χ0) is 28.2. The highest BCUT2D eigenvalue weighted by Gasteiger charge is 2.30. The Morgan fingerprint density at radius 1 is 0.973 bits per heavy atom. The summed E-state index contributed by atoms with van der Waals surface area (Å²) in [6.07, 6.45) is -0.199. The molecule has 12 nitrogen and oxygen atoms in total. The van der Waals surface area contributed by atoms with Gasteiger partial charge in [0, 0.05) is 19.2 Å². The smallest absolute Gasteiger partial charge is 0.408 e. The fraction of sp³-hybridized carbons (Fsp3) is 0.560. The van der Waals surface area contributed by atoms with Gasteiger partial charge in [-0.05, 0) is 57.2 Å². The Labute approximate surface area is 217 Å². The van der Waals surface area contributed by atoms with E-state index in [1.54, 1.807) is 58.9 Å². The number of alkyl carbamates (subject to hydrolysis) is 1. The van der Waals surface area contributed by atoms with E-state index < -0.39 is 47.6 Å². The molecule has 5 amide bonds. The lowest BCUT2D eigenvalue weighted by atomic mass is 10.0. The van der Waals surface area contributed by atoms with Gasteiger partial charge < -0.3 is 36.5 Å². The van der Waals surface area contributed by atoms with Gasteiger partial charge in [-0.25, -0.2) is 9.59 Å². The van der Waals surface area contributed by atoms with E-state index in [9.17, 15) is 24.0 Å². The molecule has 0 aliphatic heterocycles. The van der Waals surface area contributed by atoms with Crippen molar-refractivity contribution in [3.05, 3.63) is 29.8 Å². The second kappa shape index (κ2) is 14.7. The van der Waals surface area contributed by atoms with Crippen LogP contribution in [0.2, 0.25) is 0 Å². The molecule has 0 aromatic heterocycles. The van der Waals surface area contributed by atoms with Gasteiger partial charge in [-0.2, -0.15) is 0 Å². The highest BCUT2D eigenvalue weighted by Crippen LogP contribution is 2.13. The summed E-state index contributed by atoms with van der Waals surface area (Å²) in [7, 11) is 0. The summed E-state index contributed by atoms with van der Waals surface area (Å²) in [5.74, 6) is -1.74. The van der Waals surface area contributed by atoms with Crippen molar-refractivity contribution in [3.8, 4) is 0 Å². The van der Waals surface area contributed by atoms with Gasteiger partial charge in [-0.15, -0.1) is 0 Å². The number of esters is 1. The monoisotopic (exact) mass is 521 g/mol. The number of ether oxygens (including phenoxy) is 2. The number of benzene rings is 1. The average molecular weight is 522 g/mol. The lowest BCUT2D eigenvalue weighted by molar-refractivity contribution is -0.142. The van der Waals surface area contributed by atoms with E-state index in [0.717, 1.165) is 5.56 Å². The quantitative estimate of drug-likeness (QED) is 0.207. The number of hydrogen-bond acceptors (Lipinski definition) is 7. The summed E-state index contributed by atoms with van der Waals surface area (Å²) < 4.78 is 10.2. The summed E-state index contributed by atoms with van der Waals surface area (Å²) >= 11 is 0. The number of anilines is 1. The molecule has 0 aliphatic carbocycles. The van der Waals surface area contributed by atoms with Gasteiger partial charge in [-0.3, -0.25) is 14.4 Å². The van der Waals surface area contributed by atoms with Gasteiger partial charge in [0.15, 0.2) is 0 Å². The number of urea groups is 1. The van der Waals surface area contributed by atoms with Crippen molar-refractivity contribution in [1.82, 2.24) is 16.0 Å². The summed E-state index contributed by atoms with van der Waals surface area (Å²) in [6.45, 7) is 10.3. The molecule has 12 heteroatoms. The van der Waals surface area contributed by atoms with Crippen LogP contribution in [-0.2, 0) is 30.5 Å². The van der Waals surface area contributed by atoms with Gasteiger partial charge in [-0.1, -0.05) is 26.0 Å². The van der Waals surface area contributed by atoms with Crippen LogP contribution in [-0.4, -0.2) is 54.1 Å². The molecule has 1 aromatic rings. The third-order valence-electron chi connectivity index (χ3n) is 4.89. The predicted octanol–water partition coefficient (Wildman–Crippen LogP) is 2.17. The molecule has 206 valence electrons. The topological polar surface area (TPSA) is 178 Å². The van der Waals surface area contributed by atoms with Crippen LogP contribution in [0.4, 0.5) is 15.3 Å². The Bertz CT molecular complexity index is 942. The van der Waals surface area contributed by atoms with Crippen LogP contribution in [0.1, 0.15) is 59.9 Å². The van der Waals surface area contributed by atoms with E-state index in [4.69, 9.17) is 15.2 Å². The van der Waals surface area contributed by atoms with Crippen LogP contribution >= 0.6 is 0 Å². The zero-order valence-corrected chi connectivity index (χ0v) is 22.3. The van der Waals surface area contributed by atoms with E-state index in [2.05, 4.69) is 21.3 Å². The molecular weight excluding hydrogens is 482 g/mol. The molecule has 2 atom stereocenters. The molecule has 0 bridgehead atoms. The van der Waals surface area contributed by atoms with E-state index in [1.165, 1.54) is 6.92 Å². The molecule has 0 aliphatic rings. The number of amides is 5. The molecule has 1 rings (SSSR count). The molecule has 37 heavy (non-hydrogen) atoms.